The van der Waals surface area contributed by atoms with E-state index < -0.39 is 12.0 Å². The number of carboxylic acids is 1. The lowest BCUT2D eigenvalue weighted by Crippen LogP contribution is -2.47. The molecule has 1 aliphatic rings. The van der Waals surface area contributed by atoms with E-state index in [1.54, 1.807) is 6.07 Å². The number of nitrogens with two attached hydrogens (primary N) is 1. The number of hydrogen-bond donors (Lipinski definition) is 2. The average Bonchev–Trinajstić information content (AvgIpc) is 2.86. The van der Waals surface area contributed by atoms with Crippen molar-refractivity contribution in [1.82, 2.24) is 4.90 Å². The highest BCUT2D eigenvalue weighted by molar-refractivity contribution is 5.96. The summed E-state index contributed by atoms with van der Waals surface area (Å²) in [6.45, 7) is 0.689. The lowest BCUT2D eigenvalue weighted by molar-refractivity contribution is -0.143. The van der Waals surface area contributed by atoms with E-state index in [1.807, 2.05) is 0 Å². The highest BCUT2D eigenvalue weighted by Gasteiger charge is 2.32. The predicted octanol–water partition coefficient (Wildman–Crippen LogP) is 0.818. The van der Waals surface area contributed by atoms with Crippen molar-refractivity contribution in [3.63, 3.8) is 0 Å². The number of carboxylic acid groups (broad SMARTS) is 1. The van der Waals surface area contributed by atoms with Crippen molar-refractivity contribution < 1.29 is 19.1 Å². The Morgan fingerprint density at radius 2 is 2.28 bits per heavy atom. The molecule has 1 fully saturated rings. The van der Waals surface area contributed by atoms with Gasteiger partial charge < -0.3 is 20.2 Å². The molecular formula is C12H16N2O4. The summed E-state index contributed by atoms with van der Waals surface area (Å²) in [5.74, 6) is -0.738. The zero-order chi connectivity index (χ0) is 13.1. The van der Waals surface area contributed by atoms with Crippen molar-refractivity contribution in [1.29, 1.82) is 0 Å². The summed E-state index contributed by atoms with van der Waals surface area (Å²) in [5.41, 5.74) is 5.77. The monoisotopic (exact) mass is 252 g/mol. The third-order valence-corrected chi connectivity index (χ3v) is 3.15. The van der Waals surface area contributed by atoms with E-state index in [1.165, 1.54) is 11.2 Å². The Morgan fingerprint density at radius 3 is 2.89 bits per heavy atom. The molecule has 0 aromatic carbocycles. The van der Waals surface area contributed by atoms with Crippen LogP contribution in [0.15, 0.2) is 16.7 Å². The standard InChI is InChI=1S/C12H16N2O4/c13-6-9-5-8(7-18-9)11(15)14-4-2-1-3-10(14)12(16)17/h5,7,10H,1-4,6,13H2,(H,16,17). The Bertz CT molecular complexity index is 455. The smallest absolute Gasteiger partial charge is 0.326 e. The molecule has 0 radical (unpaired) electrons. The number of aliphatic carboxylic acids is 1. The second-order valence-electron chi connectivity index (χ2n) is 4.35. The molecule has 1 atom stereocenters. The van der Waals surface area contributed by atoms with Crippen LogP contribution in [-0.4, -0.2) is 34.5 Å². The van der Waals surface area contributed by atoms with E-state index >= 15 is 0 Å². The van der Waals surface area contributed by atoms with Crippen LogP contribution in [0, 0.1) is 0 Å². The van der Waals surface area contributed by atoms with Crippen molar-refractivity contribution in [3.8, 4) is 0 Å². The fraction of sp³-hybridized carbons (Fsp3) is 0.500. The zero-order valence-electron chi connectivity index (χ0n) is 9.96. The summed E-state index contributed by atoms with van der Waals surface area (Å²) < 4.78 is 5.10. The van der Waals surface area contributed by atoms with Crippen molar-refractivity contribution in [2.24, 2.45) is 5.73 Å². The summed E-state index contributed by atoms with van der Waals surface area (Å²) in [5, 5.41) is 9.12. The topological polar surface area (TPSA) is 96.8 Å². The molecule has 3 N–H and O–H groups in total. The molecule has 1 saturated heterocycles. The van der Waals surface area contributed by atoms with Crippen molar-refractivity contribution in [2.75, 3.05) is 6.54 Å². The van der Waals surface area contributed by atoms with Crippen LogP contribution in [0.25, 0.3) is 0 Å². The summed E-state index contributed by atoms with van der Waals surface area (Å²) in [6.07, 6.45) is 3.50. The van der Waals surface area contributed by atoms with Crippen LogP contribution in [-0.2, 0) is 11.3 Å². The molecule has 1 amide bonds. The first kappa shape index (κ1) is 12.6. The number of likely N-dealkylation sites (tertiary alicyclic amines) is 1. The van der Waals surface area contributed by atoms with Crippen LogP contribution in [0.2, 0.25) is 0 Å². The molecule has 1 aromatic rings. The van der Waals surface area contributed by atoms with Crippen molar-refractivity contribution in [3.05, 3.63) is 23.7 Å². The summed E-state index contributed by atoms with van der Waals surface area (Å²) in [4.78, 5) is 24.7. The van der Waals surface area contributed by atoms with Gasteiger partial charge in [-0.3, -0.25) is 4.79 Å². The molecule has 6 nitrogen and oxygen atoms in total. The highest BCUT2D eigenvalue weighted by atomic mass is 16.4. The summed E-state index contributed by atoms with van der Waals surface area (Å²) >= 11 is 0. The quantitative estimate of drug-likeness (QED) is 0.830. The first-order valence-corrected chi connectivity index (χ1v) is 5.94. The Kier molecular flexibility index (Phi) is 3.66. The second kappa shape index (κ2) is 5.22. The van der Waals surface area contributed by atoms with Gasteiger partial charge in [-0.2, -0.15) is 0 Å². The molecule has 0 saturated carbocycles. The van der Waals surface area contributed by atoms with Gasteiger partial charge in [0.15, 0.2) is 0 Å². The molecule has 6 heteroatoms. The number of nitrogens with zero attached hydrogens (tertiary/aromatic N) is 1. The van der Waals surface area contributed by atoms with E-state index in [2.05, 4.69) is 0 Å². The first-order chi connectivity index (χ1) is 8.63. The number of piperidine rings is 1. The first-order valence-electron chi connectivity index (χ1n) is 5.94. The number of rotatable bonds is 3. The molecule has 1 unspecified atom stereocenters. The number of carbonyl (C=O) groups is 2. The van der Waals surface area contributed by atoms with Crippen LogP contribution < -0.4 is 5.73 Å². The molecule has 0 bridgehead atoms. The SMILES string of the molecule is NCc1cc(C(=O)N2CCCCC2C(=O)O)co1. The average molecular weight is 252 g/mol. The van der Waals surface area contributed by atoms with Gasteiger partial charge in [-0.25, -0.2) is 4.79 Å². The van der Waals surface area contributed by atoms with E-state index in [4.69, 9.17) is 15.3 Å². The lowest BCUT2D eigenvalue weighted by Gasteiger charge is -2.32. The third-order valence-electron chi connectivity index (χ3n) is 3.15. The van der Waals surface area contributed by atoms with Gasteiger partial charge in [0.1, 0.15) is 18.1 Å². The third kappa shape index (κ3) is 2.38. The van der Waals surface area contributed by atoms with Gasteiger partial charge in [0, 0.05) is 6.54 Å². The normalized spacial score (nSPS) is 19.8. The van der Waals surface area contributed by atoms with Crippen LogP contribution >= 0.6 is 0 Å². The molecule has 98 valence electrons. The molecular weight excluding hydrogens is 236 g/mol. The van der Waals surface area contributed by atoms with Gasteiger partial charge in [0.05, 0.1) is 12.1 Å². The van der Waals surface area contributed by atoms with E-state index in [-0.39, 0.29) is 12.5 Å². The Labute approximate surface area is 104 Å². The zero-order valence-corrected chi connectivity index (χ0v) is 9.96. The second-order valence-corrected chi connectivity index (χ2v) is 4.35. The highest BCUT2D eigenvalue weighted by Crippen LogP contribution is 2.20. The van der Waals surface area contributed by atoms with Crippen LogP contribution in [0.1, 0.15) is 35.4 Å². The largest absolute Gasteiger partial charge is 0.480 e. The van der Waals surface area contributed by atoms with Gasteiger partial charge in [-0.15, -0.1) is 0 Å². The minimum atomic E-state index is -0.953. The maximum absolute atomic E-state index is 12.2. The minimum absolute atomic E-state index is 0.218. The number of furan rings is 1. The molecule has 1 aromatic heterocycles. The fourth-order valence-electron chi connectivity index (χ4n) is 2.20. The Morgan fingerprint density at radius 1 is 1.50 bits per heavy atom. The van der Waals surface area contributed by atoms with Crippen molar-refractivity contribution in [2.45, 2.75) is 31.8 Å². The summed E-state index contributed by atoms with van der Waals surface area (Å²) in [7, 11) is 0. The molecule has 0 aliphatic carbocycles. The van der Waals surface area contributed by atoms with E-state index in [0.29, 0.717) is 24.3 Å². The fourth-order valence-corrected chi connectivity index (χ4v) is 2.20. The Hall–Kier alpha value is -1.82. The number of amides is 1. The van der Waals surface area contributed by atoms with Crippen molar-refractivity contribution >= 4 is 11.9 Å². The molecule has 18 heavy (non-hydrogen) atoms. The van der Waals surface area contributed by atoms with E-state index in [0.717, 1.165) is 12.8 Å². The van der Waals surface area contributed by atoms with Gasteiger partial charge in [-0.05, 0) is 25.3 Å². The Balaban J connectivity index is 2.17. The van der Waals surface area contributed by atoms with Crippen LogP contribution in [0.5, 0.6) is 0 Å². The molecule has 2 heterocycles. The number of hydrogen-bond acceptors (Lipinski definition) is 4. The molecule has 2 rings (SSSR count). The van der Waals surface area contributed by atoms with Gasteiger partial charge in [0.2, 0.25) is 0 Å². The van der Waals surface area contributed by atoms with Gasteiger partial charge in [0.25, 0.3) is 5.91 Å². The maximum Gasteiger partial charge on any atom is 0.326 e. The molecule has 0 spiro atoms. The minimum Gasteiger partial charge on any atom is -0.480 e. The van der Waals surface area contributed by atoms with Gasteiger partial charge >= 0.3 is 5.97 Å². The summed E-state index contributed by atoms with van der Waals surface area (Å²) in [6, 6.07) is 0.832. The van der Waals surface area contributed by atoms with E-state index in [9.17, 15) is 9.59 Å². The molecule has 1 aliphatic heterocycles. The van der Waals surface area contributed by atoms with Gasteiger partial charge in [-0.1, -0.05) is 0 Å². The van der Waals surface area contributed by atoms with Crippen LogP contribution in [0.4, 0.5) is 0 Å². The maximum atomic E-state index is 12.2. The van der Waals surface area contributed by atoms with Crippen LogP contribution in [0.3, 0.4) is 0 Å². The lowest BCUT2D eigenvalue weighted by atomic mass is 10.0. The number of carbonyl (C=O) groups excluding carboxylic acids is 1. The predicted molar refractivity (Wildman–Crippen MR) is 62.9 cm³/mol.